The summed E-state index contributed by atoms with van der Waals surface area (Å²) in [6, 6.07) is 22.3. The highest BCUT2D eigenvalue weighted by Crippen LogP contribution is 2.44. The zero-order valence-corrected chi connectivity index (χ0v) is 37.4. The Morgan fingerprint density at radius 3 is 0.673 bits per heavy atom. The van der Waals surface area contributed by atoms with E-state index in [-0.39, 0.29) is 49.4 Å². The summed E-state index contributed by atoms with van der Waals surface area (Å²) in [5.74, 6) is -0.188. The lowest BCUT2D eigenvalue weighted by atomic mass is 9.77. The van der Waals surface area contributed by atoms with Gasteiger partial charge in [-0.3, -0.25) is 0 Å². The Labute approximate surface area is 334 Å². The molecule has 0 aliphatic rings. The Morgan fingerprint density at radius 1 is 0.291 bits per heavy atom. The van der Waals surface area contributed by atoms with Crippen LogP contribution < -0.4 is 0 Å². The number of rotatable bonds is 6. The minimum Gasteiger partial charge on any atom is -0.507 e. The molecule has 3 atom stereocenters. The number of benzene rings is 4. The highest BCUT2D eigenvalue weighted by molar-refractivity contribution is 5.54. The minimum atomic E-state index is -1.24. The molecule has 4 aromatic rings. The van der Waals surface area contributed by atoms with Gasteiger partial charge in [0.15, 0.2) is 0 Å². The molecular weight excluding hydrogens is 677 g/mol. The first-order valence-electron chi connectivity index (χ1n) is 20.1. The van der Waals surface area contributed by atoms with Crippen molar-refractivity contribution in [2.24, 2.45) is 0 Å². The van der Waals surface area contributed by atoms with Crippen LogP contribution in [0.2, 0.25) is 0 Å². The van der Waals surface area contributed by atoms with Crippen molar-refractivity contribution in [3.8, 4) is 5.75 Å². The van der Waals surface area contributed by atoms with Crippen LogP contribution in [0.25, 0.3) is 0 Å². The Bertz CT molecular complexity index is 1810. The summed E-state index contributed by atoms with van der Waals surface area (Å²) in [6.07, 6.45) is -3.57. The largest absolute Gasteiger partial charge is 0.507 e. The second-order valence-corrected chi connectivity index (χ2v) is 22.3. The van der Waals surface area contributed by atoms with E-state index in [0.29, 0.717) is 16.7 Å². The maximum atomic E-state index is 12.4. The predicted molar refractivity (Wildman–Crippen MR) is 232 cm³/mol. The molecule has 0 aliphatic carbocycles. The molecule has 0 radical (unpaired) electrons. The Hall–Kier alpha value is -3.44. The summed E-state index contributed by atoms with van der Waals surface area (Å²) >= 11 is 0. The molecule has 4 nitrogen and oxygen atoms in total. The van der Waals surface area contributed by atoms with E-state index in [9.17, 15) is 20.4 Å². The molecule has 3 unspecified atom stereocenters. The van der Waals surface area contributed by atoms with Gasteiger partial charge in [0.1, 0.15) is 24.1 Å². The van der Waals surface area contributed by atoms with Crippen LogP contribution in [0.1, 0.15) is 210 Å². The number of aromatic hydroxyl groups is 1. The van der Waals surface area contributed by atoms with Gasteiger partial charge in [0.2, 0.25) is 0 Å². The van der Waals surface area contributed by atoms with Crippen LogP contribution >= 0.6 is 0 Å². The van der Waals surface area contributed by atoms with E-state index in [1.165, 1.54) is 0 Å². The van der Waals surface area contributed by atoms with Gasteiger partial charge >= 0.3 is 0 Å². The molecule has 0 bridgehead atoms. The second-order valence-electron chi connectivity index (χ2n) is 22.3. The average molecular weight is 749 g/mol. The van der Waals surface area contributed by atoms with E-state index in [0.717, 1.165) is 38.9 Å². The van der Waals surface area contributed by atoms with Crippen LogP contribution in [0.4, 0.5) is 0 Å². The fraction of sp³-hybridized carbons (Fsp3) is 0.529. The molecular formula is C51H72O4. The lowest BCUT2D eigenvalue weighted by molar-refractivity contribution is 0.199. The summed E-state index contributed by atoms with van der Waals surface area (Å²) in [5, 5.41) is 49.4. The van der Waals surface area contributed by atoms with Crippen LogP contribution in [0, 0.1) is 0 Å². The molecule has 4 aromatic carbocycles. The van der Waals surface area contributed by atoms with Gasteiger partial charge in [0.25, 0.3) is 0 Å². The number of aliphatic hydroxyl groups is 3. The maximum absolute atomic E-state index is 12.4. The van der Waals surface area contributed by atoms with Gasteiger partial charge in [0.05, 0.1) is 0 Å². The number of hydrogen-bond donors (Lipinski definition) is 4. The molecule has 0 heterocycles. The first-order valence-corrected chi connectivity index (χ1v) is 20.1. The fourth-order valence-electron chi connectivity index (χ4n) is 6.86. The third-order valence-corrected chi connectivity index (χ3v) is 11.1. The molecule has 0 saturated carbocycles. The van der Waals surface area contributed by atoms with Crippen molar-refractivity contribution in [3.05, 3.63) is 133 Å². The molecule has 0 aromatic heterocycles. The highest BCUT2D eigenvalue weighted by Gasteiger charge is 2.31. The normalized spacial score (nSPS) is 15.2. The molecule has 55 heavy (non-hydrogen) atoms. The van der Waals surface area contributed by atoms with Gasteiger partial charge in [-0.15, -0.1) is 0 Å². The monoisotopic (exact) mass is 749 g/mol. The Morgan fingerprint density at radius 2 is 0.473 bits per heavy atom. The predicted octanol–water partition coefficient (Wildman–Crippen LogP) is 12.4. The minimum absolute atomic E-state index is 0.168. The van der Waals surface area contributed by atoms with Crippen molar-refractivity contribution in [2.75, 3.05) is 0 Å². The van der Waals surface area contributed by atoms with E-state index in [4.69, 9.17) is 0 Å². The van der Waals surface area contributed by atoms with Gasteiger partial charge in [-0.25, -0.2) is 0 Å². The summed E-state index contributed by atoms with van der Waals surface area (Å²) in [7, 11) is 0. The zero-order chi connectivity index (χ0) is 42.0. The van der Waals surface area contributed by atoms with Crippen molar-refractivity contribution in [2.45, 2.75) is 175 Å². The third kappa shape index (κ3) is 10.1. The zero-order valence-electron chi connectivity index (χ0n) is 37.4. The molecule has 4 N–H and O–H groups in total. The van der Waals surface area contributed by atoms with Crippen molar-refractivity contribution >= 4 is 0 Å². The van der Waals surface area contributed by atoms with Gasteiger partial charge in [-0.05, 0) is 100 Å². The first kappa shape index (κ1) is 44.3. The van der Waals surface area contributed by atoms with Crippen molar-refractivity contribution < 1.29 is 20.4 Å². The fourth-order valence-corrected chi connectivity index (χ4v) is 6.86. The van der Waals surface area contributed by atoms with E-state index < -0.39 is 18.3 Å². The Balaban J connectivity index is 2.08. The number of aliphatic hydroxyl groups excluding tert-OH is 3. The molecule has 0 amide bonds. The Kier molecular flexibility index (Phi) is 11.9. The van der Waals surface area contributed by atoms with Crippen molar-refractivity contribution in [1.29, 1.82) is 0 Å². The van der Waals surface area contributed by atoms with E-state index in [1.54, 1.807) is 12.1 Å². The molecule has 4 rings (SSSR count). The number of hydrogen-bond acceptors (Lipinski definition) is 4. The SMILES string of the molecule is CC(C)(C)c1cc(C(O)c2cc(C(O)c3cc(C(C)(C)C)cc(C(C)(C)C)c3)c(O)c(C(O)c3cc(C(C)(C)C)cc(C(C)(C)C)c3)c2)cc(C(C)(C)C)c1. The molecule has 0 saturated heterocycles. The van der Waals surface area contributed by atoms with Gasteiger partial charge in [-0.1, -0.05) is 179 Å². The van der Waals surface area contributed by atoms with Gasteiger partial charge < -0.3 is 20.4 Å². The summed E-state index contributed by atoms with van der Waals surface area (Å²) in [4.78, 5) is 0. The number of phenols is 1. The summed E-state index contributed by atoms with van der Waals surface area (Å²) < 4.78 is 0. The van der Waals surface area contributed by atoms with Gasteiger partial charge in [-0.2, -0.15) is 0 Å². The average Bonchev–Trinajstić information content (AvgIpc) is 3.04. The lowest BCUT2D eigenvalue weighted by Crippen LogP contribution is -2.19. The van der Waals surface area contributed by atoms with Crippen molar-refractivity contribution in [1.82, 2.24) is 0 Å². The van der Waals surface area contributed by atoms with Crippen molar-refractivity contribution in [3.63, 3.8) is 0 Å². The van der Waals surface area contributed by atoms with Crippen LogP contribution in [0.5, 0.6) is 5.75 Å². The molecule has 0 aliphatic heterocycles. The smallest absolute Gasteiger partial charge is 0.127 e. The molecule has 4 heteroatoms. The standard InChI is InChI=1S/C51H72O4/c1-46(2,3)34-19-30(20-35(27-34)47(4,5)6)42(52)33-25-40(43(53)31-21-36(48(7,8)9)28-37(22-31)49(10,11)12)45(55)41(26-33)44(54)32-23-38(50(13,14)15)29-39(24-32)51(16,17)18/h19-29,42-44,52-55H,1-18H3. The summed E-state index contributed by atoms with van der Waals surface area (Å²) in [6.45, 7) is 38.9. The van der Waals surface area contributed by atoms with Crippen LogP contribution in [-0.4, -0.2) is 20.4 Å². The second kappa shape index (κ2) is 14.8. The van der Waals surface area contributed by atoms with Crippen LogP contribution in [-0.2, 0) is 32.5 Å². The van der Waals surface area contributed by atoms with Gasteiger partial charge in [0, 0.05) is 11.1 Å². The first-order chi connectivity index (χ1) is 24.7. The maximum Gasteiger partial charge on any atom is 0.127 e. The third-order valence-electron chi connectivity index (χ3n) is 11.1. The van der Waals surface area contributed by atoms with Crippen LogP contribution in [0.15, 0.2) is 66.7 Å². The van der Waals surface area contributed by atoms with E-state index in [2.05, 4.69) is 155 Å². The molecule has 300 valence electrons. The van der Waals surface area contributed by atoms with E-state index >= 15 is 0 Å². The molecule has 0 spiro atoms. The summed E-state index contributed by atoms with van der Waals surface area (Å²) in [5.41, 5.74) is 8.39. The highest BCUT2D eigenvalue weighted by atomic mass is 16.3. The quantitative estimate of drug-likeness (QED) is 0.158. The number of phenolic OH excluding ortho intramolecular Hbond substituents is 1. The molecule has 0 fully saturated rings. The van der Waals surface area contributed by atoms with Crippen LogP contribution in [0.3, 0.4) is 0 Å². The topological polar surface area (TPSA) is 80.9 Å². The van der Waals surface area contributed by atoms with E-state index in [1.807, 2.05) is 24.3 Å². The lowest BCUT2D eigenvalue weighted by Gasteiger charge is -2.29.